The van der Waals surface area contributed by atoms with E-state index in [2.05, 4.69) is 20.9 Å². The third-order valence-corrected chi connectivity index (χ3v) is 2.72. The molecule has 1 aromatic heterocycles. The third kappa shape index (κ3) is 3.66. The van der Waals surface area contributed by atoms with Crippen molar-refractivity contribution in [2.45, 2.75) is 13.3 Å². The van der Waals surface area contributed by atoms with Crippen LogP contribution < -0.4 is 4.90 Å². The van der Waals surface area contributed by atoms with Gasteiger partial charge in [0.25, 0.3) is 5.69 Å². The number of hydrogen-bond acceptors (Lipinski definition) is 5. The molecule has 0 aliphatic carbocycles. The molecule has 7 nitrogen and oxygen atoms in total. The average Bonchev–Trinajstić information content (AvgIpc) is 2.27. The molecule has 0 fully saturated rings. The molecule has 0 bridgehead atoms. The van der Waals surface area contributed by atoms with Crippen LogP contribution in [-0.4, -0.2) is 34.1 Å². The van der Waals surface area contributed by atoms with Gasteiger partial charge in [0.15, 0.2) is 0 Å². The van der Waals surface area contributed by atoms with E-state index in [9.17, 15) is 14.9 Å². The van der Waals surface area contributed by atoms with E-state index < -0.39 is 10.9 Å². The lowest BCUT2D eigenvalue weighted by atomic mass is 10.3. The number of nitrogens with zero attached hydrogens (tertiary/aromatic N) is 3. The highest BCUT2D eigenvalue weighted by Gasteiger charge is 2.17. The van der Waals surface area contributed by atoms with Gasteiger partial charge in [-0.05, 0) is 22.4 Å². The van der Waals surface area contributed by atoms with Crippen LogP contribution in [0.4, 0.5) is 11.5 Å². The number of carbonyl (C=O) groups is 1. The van der Waals surface area contributed by atoms with Crippen LogP contribution in [0.5, 0.6) is 0 Å². The SMILES string of the molecule is CCCN(CC(=O)O)c1ncc([N+](=O)[O-])cc1Br. The highest BCUT2D eigenvalue weighted by atomic mass is 79.9. The number of carboxylic acid groups (broad SMARTS) is 1. The Morgan fingerprint density at radius 2 is 2.33 bits per heavy atom. The molecule has 18 heavy (non-hydrogen) atoms. The molecule has 0 unspecified atom stereocenters. The minimum Gasteiger partial charge on any atom is -0.480 e. The van der Waals surface area contributed by atoms with E-state index in [0.717, 1.165) is 12.6 Å². The van der Waals surface area contributed by atoms with Gasteiger partial charge in [0.05, 0.1) is 9.40 Å². The Labute approximate surface area is 112 Å². The Morgan fingerprint density at radius 3 is 2.78 bits per heavy atom. The summed E-state index contributed by atoms with van der Waals surface area (Å²) in [5, 5.41) is 19.4. The van der Waals surface area contributed by atoms with Crippen molar-refractivity contribution in [1.29, 1.82) is 0 Å². The molecule has 0 aromatic carbocycles. The van der Waals surface area contributed by atoms with Crippen LogP contribution in [0.2, 0.25) is 0 Å². The summed E-state index contributed by atoms with van der Waals surface area (Å²) in [7, 11) is 0. The zero-order chi connectivity index (χ0) is 13.7. The maximum atomic E-state index is 10.8. The van der Waals surface area contributed by atoms with Crippen LogP contribution in [0.3, 0.4) is 0 Å². The minimum atomic E-state index is -0.976. The van der Waals surface area contributed by atoms with Crippen molar-refractivity contribution >= 4 is 33.4 Å². The van der Waals surface area contributed by atoms with E-state index >= 15 is 0 Å². The van der Waals surface area contributed by atoms with Gasteiger partial charge < -0.3 is 10.0 Å². The first kappa shape index (κ1) is 14.4. The van der Waals surface area contributed by atoms with E-state index in [1.54, 1.807) is 4.90 Å². The summed E-state index contributed by atoms with van der Waals surface area (Å²) in [6.45, 7) is 2.22. The molecule has 98 valence electrons. The second-order valence-electron chi connectivity index (χ2n) is 3.57. The van der Waals surface area contributed by atoms with Gasteiger partial charge in [-0.3, -0.25) is 14.9 Å². The van der Waals surface area contributed by atoms with Gasteiger partial charge in [-0.2, -0.15) is 0 Å². The largest absolute Gasteiger partial charge is 0.480 e. The van der Waals surface area contributed by atoms with Gasteiger partial charge >= 0.3 is 5.97 Å². The van der Waals surface area contributed by atoms with Crippen LogP contribution in [0, 0.1) is 10.1 Å². The number of halogens is 1. The van der Waals surface area contributed by atoms with E-state index in [0.29, 0.717) is 16.8 Å². The Balaban J connectivity index is 3.04. The third-order valence-electron chi connectivity index (χ3n) is 2.14. The fourth-order valence-electron chi connectivity index (χ4n) is 1.45. The maximum absolute atomic E-state index is 10.8. The van der Waals surface area contributed by atoms with Crippen LogP contribution >= 0.6 is 15.9 Å². The highest BCUT2D eigenvalue weighted by Crippen LogP contribution is 2.27. The predicted octanol–water partition coefficient (Wildman–Crippen LogP) is 2.05. The van der Waals surface area contributed by atoms with Crippen molar-refractivity contribution in [2.24, 2.45) is 0 Å². The first-order valence-corrected chi connectivity index (χ1v) is 6.01. The number of pyridine rings is 1. The van der Waals surface area contributed by atoms with Crippen molar-refractivity contribution in [2.75, 3.05) is 18.0 Å². The Morgan fingerprint density at radius 1 is 1.67 bits per heavy atom. The van der Waals surface area contributed by atoms with Gasteiger partial charge in [-0.25, -0.2) is 4.98 Å². The van der Waals surface area contributed by atoms with Gasteiger partial charge in [0, 0.05) is 12.6 Å². The first-order chi connectivity index (χ1) is 8.45. The Bertz CT molecular complexity index is 466. The molecule has 1 rings (SSSR count). The Kier molecular flexibility index (Phi) is 5.02. The molecule has 0 aliphatic heterocycles. The van der Waals surface area contributed by atoms with Crippen molar-refractivity contribution in [3.63, 3.8) is 0 Å². The molecular weight excluding hydrogens is 306 g/mol. The molecule has 1 heterocycles. The molecule has 0 spiro atoms. The number of rotatable bonds is 6. The topological polar surface area (TPSA) is 96.6 Å². The smallest absolute Gasteiger partial charge is 0.323 e. The molecule has 8 heteroatoms. The van der Waals surface area contributed by atoms with Gasteiger partial charge in [-0.1, -0.05) is 6.92 Å². The molecule has 0 saturated heterocycles. The lowest BCUT2D eigenvalue weighted by Crippen LogP contribution is -2.31. The molecule has 0 radical (unpaired) electrons. The summed E-state index contributed by atoms with van der Waals surface area (Å²) >= 11 is 3.17. The molecule has 0 saturated carbocycles. The number of hydrogen-bond donors (Lipinski definition) is 1. The number of aliphatic carboxylic acids is 1. The first-order valence-electron chi connectivity index (χ1n) is 5.22. The predicted molar refractivity (Wildman–Crippen MR) is 68.7 cm³/mol. The number of anilines is 1. The summed E-state index contributed by atoms with van der Waals surface area (Å²) in [4.78, 5) is 26.3. The van der Waals surface area contributed by atoms with Crippen LogP contribution in [0.15, 0.2) is 16.7 Å². The summed E-state index contributed by atoms with van der Waals surface area (Å²) in [5.74, 6) is -0.583. The molecule has 0 amide bonds. The fraction of sp³-hybridized carbons (Fsp3) is 0.400. The van der Waals surface area contributed by atoms with Crippen molar-refractivity contribution in [3.8, 4) is 0 Å². The van der Waals surface area contributed by atoms with Crippen molar-refractivity contribution in [1.82, 2.24) is 4.98 Å². The van der Waals surface area contributed by atoms with Crippen LogP contribution in [0.25, 0.3) is 0 Å². The quantitative estimate of drug-likeness (QED) is 0.637. The van der Waals surface area contributed by atoms with Gasteiger partial charge in [0.1, 0.15) is 18.6 Å². The average molecular weight is 318 g/mol. The zero-order valence-electron chi connectivity index (χ0n) is 9.67. The fourth-order valence-corrected chi connectivity index (χ4v) is 2.03. The summed E-state index contributed by atoms with van der Waals surface area (Å²) < 4.78 is 0.409. The monoisotopic (exact) mass is 317 g/mol. The van der Waals surface area contributed by atoms with Gasteiger partial charge in [-0.15, -0.1) is 0 Å². The highest BCUT2D eigenvalue weighted by molar-refractivity contribution is 9.10. The van der Waals surface area contributed by atoms with Crippen LogP contribution in [-0.2, 0) is 4.79 Å². The molecule has 0 atom stereocenters. The zero-order valence-corrected chi connectivity index (χ0v) is 11.3. The molecule has 1 aromatic rings. The van der Waals surface area contributed by atoms with Gasteiger partial charge in [0.2, 0.25) is 0 Å². The lowest BCUT2D eigenvalue weighted by Gasteiger charge is -2.21. The molecule has 0 aliphatic rings. The lowest BCUT2D eigenvalue weighted by molar-refractivity contribution is -0.385. The summed E-state index contributed by atoms with van der Waals surface area (Å²) in [5.41, 5.74) is -0.141. The standard InChI is InChI=1S/C10H12BrN3O4/c1-2-3-13(6-9(15)16)10-8(11)4-7(5-12-10)14(17)18/h4-5H,2-3,6H2,1H3,(H,15,16). The normalized spacial score (nSPS) is 10.1. The summed E-state index contributed by atoms with van der Waals surface area (Å²) in [6, 6.07) is 1.31. The van der Waals surface area contributed by atoms with E-state index in [1.165, 1.54) is 6.07 Å². The van der Waals surface area contributed by atoms with Crippen LogP contribution in [0.1, 0.15) is 13.3 Å². The second-order valence-corrected chi connectivity index (χ2v) is 4.43. The molecular formula is C10H12BrN3O4. The maximum Gasteiger partial charge on any atom is 0.323 e. The molecule has 1 N–H and O–H groups in total. The second kappa shape index (κ2) is 6.29. The summed E-state index contributed by atoms with van der Waals surface area (Å²) in [6.07, 6.45) is 1.86. The van der Waals surface area contributed by atoms with Crippen molar-refractivity contribution in [3.05, 3.63) is 26.9 Å². The Hall–Kier alpha value is -1.70. The number of carboxylic acids is 1. The van der Waals surface area contributed by atoms with E-state index in [4.69, 9.17) is 5.11 Å². The van der Waals surface area contributed by atoms with E-state index in [1.807, 2.05) is 6.92 Å². The van der Waals surface area contributed by atoms with Crippen molar-refractivity contribution < 1.29 is 14.8 Å². The van der Waals surface area contributed by atoms with E-state index in [-0.39, 0.29) is 12.2 Å². The number of aromatic nitrogens is 1. The number of nitro groups is 1. The minimum absolute atomic E-state index is 0.141.